The lowest BCUT2D eigenvalue weighted by Crippen LogP contribution is -2.62. The number of rotatable bonds is 15. The van der Waals surface area contributed by atoms with Crippen molar-refractivity contribution in [3.63, 3.8) is 0 Å². The van der Waals surface area contributed by atoms with E-state index in [2.05, 4.69) is 21.9 Å². The molecule has 1 aromatic carbocycles. The molecule has 0 aliphatic carbocycles. The Labute approximate surface area is 460 Å². The number of likely N-dealkylation sites (N-methyl/N-ethyl adjacent to an activating group) is 1. The number of fused-ring (bicyclic) bond motifs is 5. The molecule has 20 nitrogen and oxygen atoms in total. The summed E-state index contributed by atoms with van der Waals surface area (Å²) in [5.41, 5.74) is -1.99. The largest absolute Gasteiger partial charge is 0.459 e. The summed E-state index contributed by atoms with van der Waals surface area (Å²) in [6, 6.07) is 5.14. The van der Waals surface area contributed by atoms with Crippen molar-refractivity contribution in [2.24, 2.45) is 28.7 Å². The van der Waals surface area contributed by atoms with Crippen LogP contribution in [0, 0.1) is 23.7 Å². The smallest absolute Gasteiger partial charge is 0.311 e. The van der Waals surface area contributed by atoms with Crippen LogP contribution in [0.5, 0.6) is 0 Å². The SMILES string of the molecule is C=C1CO[C@@H]2[C@@H](C)C(=NC(C)=O)[C@H](C)C[C@@](C)(OC1)[C@H](O[C@@H]1O[C@H](C)C[C@H](N(C)CCc3cn([C@H](CF)Cc4ccc(S(C)(=O)=O)cc4)nn3)[C@H]1O)[C@@H](C)[C@H](O[C@H]1C[C@@](C)(OC)[C@@H](O)[C@H](C)O1)[C@@H](C)C(=O)O[C@H](CC)[C@@]2(C)O. The van der Waals surface area contributed by atoms with E-state index >= 15 is 0 Å². The molecule has 2 aromatic rings. The summed E-state index contributed by atoms with van der Waals surface area (Å²) in [5.74, 6) is -4.28. The van der Waals surface area contributed by atoms with E-state index in [-0.39, 0.29) is 43.8 Å². The highest BCUT2D eigenvalue weighted by Crippen LogP contribution is 2.43. The zero-order chi connectivity index (χ0) is 57.8. The fourth-order valence-electron chi connectivity index (χ4n) is 12.1. The van der Waals surface area contributed by atoms with Crippen LogP contribution in [0.3, 0.4) is 0 Å². The highest BCUT2D eigenvalue weighted by atomic mass is 32.2. The van der Waals surface area contributed by atoms with Gasteiger partial charge >= 0.3 is 5.97 Å². The van der Waals surface area contributed by atoms with E-state index in [0.717, 1.165) is 11.8 Å². The van der Waals surface area contributed by atoms with Gasteiger partial charge in [-0.05, 0) is 103 Å². The van der Waals surface area contributed by atoms with Crippen LogP contribution in [0.25, 0.3) is 0 Å². The molecule has 4 fully saturated rings. The van der Waals surface area contributed by atoms with Crippen molar-refractivity contribution < 1.29 is 75.6 Å². The van der Waals surface area contributed by atoms with Crippen LogP contribution >= 0.6 is 0 Å². The summed E-state index contributed by atoms with van der Waals surface area (Å²) in [7, 11) is -0.00780. The molecule has 4 aliphatic rings. The molecule has 1 aromatic heterocycles. The van der Waals surface area contributed by atoms with Crippen molar-refractivity contribution in [1.29, 1.82) is 0 Å². The number of amides is 1. The number of aliphatic hydroxyl groups excluding tert-OH is 2. The molecule has 0 radical (unpaired) electrons. The minimum Gasteiger partial charge on any atom is -0.459 e. The third-order valence-corrected chi connectivity index (χ3v) is 17.8. The number of hydrogen-bond donors (Lipinski definition) is 3. The first kappa shape index (κ1) is 63.5. The molecule has 0 unspecified atom stereocenters. The molecule has 1 amide bonds. The molecular formula is C56H88FN5O15S. The van der Waals surface area contributed by atoms with Crippen molar-refractivity contribution in [1.82, 2.24) is 19.9 Å². The number of alkyl halides is 1. The van der Waals surface area contributed by atoms with E-state index in [0.29, 0.717) is 36.4 Å². The number of benzene rings is 1. The van der Waals surface area contributed by atoms with E-state index in [1.54, 1.807) is 52.9 Å². The number of cyclic esters (lactones) is 1. The van der Waals surface area contributed by atoms with Crippen LogP contribution in [0.1, 0.15) is 119 Å². The fourth-order valence-corrected chi connectivity index (χ4v) is 12.7. The molecule has 0 spiro atoms. The Morgan fingerprint density at radius 3 is 2.33 bits per heavy atom. The first-order valence-corrected chi connectivity index (χ1v) is 29.3. The van der Waals surface area contributed by atoms with Gasteiger partial charge in [0.25, 0.3) is 0 Å². The Morgan fingerprint density at radius 1 is 1.04 bits per heavy atom. The van der Waals surface area contributed by atoms with Gasteiger partial charge in [-0.15, -0.1) is 5.10 Å². The Morgan fingerprint density at radius 2 is 1.72 bits per heavy atom. The fraction of sp³-hybridized carbons (Fsp3) is 0.768. The Hall–Kier alpha value is -3.65. The van der Waals surface area contributed by atoms with Crippen molar-refractivity contribution >= 4 is 27.4 Å². The number of ether oxygens (including phenoxy) is 8. The second-order valence-electron chi connectivity index (χ2n) is 23.3. The molecule has 6 rings (SSSR count). The second-order valence-corrected chi connectivity index (χ2v) is 25.3. The number of sulfone groups is 1. The van der Waals surface area contributed by atoms with Gasteiger partial charge in [0.2, 0.25) is 5.91 Å². The number of aromatic nitrogens is 3. The summed E-state index contributed by atoms with van der Waals surface area (Å²) < 4.78 is 92.8. The monoisotopic (exact) mass is 1120 g/mol. The number of halogens is 1. The molecule has 5 heterocycles. The van der Waals surface area contributed by atoms with Crippen LogP contribution < -0.4 is 0 Å². The third-order valence-electron chi connectivity index (χ3n) is 16.7. The number of carbonyl (C=O) groups is 2. The van der Waals surface area contributed by atoms with E-state index < -0.39 is 142 Å². The Kier molecular flexibility index (Phi) is 21.2. The van der Waals surface area contributed by atoms with Crippen molar-refractivity contribution in [3.05, 3.63) is 53.9 Å². The summed E-state index contributed by atoms with van der Waals surface area (Å²) in [4.78, 5) is 34.7. The first-order valence-electron chi connectivity index (χ1n) is 27.4. The number of nitrogens with zero attached hydrogens (tertiary/aromatic N) is 5. The lowest BCUT2D eigenvalue weighted by Gasteiger charge is -2.50. The maximum Gasteiger partial charge on any atom is 0.311 e. The van der Waals surface area contributed by atoms with Gasteiger partial charge in [0.1, 0.15) is 30.6 Å². The van der Waals surface area contributed by atoms with Gasteiger partial charge in [0.15, 0.2) is 22.4 Å². The molecule has 22 heteroatoms. The van der Waals surface area contributed by atoms with E-state index in [9.17, 15) is 37.7 Å². The minimum absolute atomic E-state index is 0.0374. The quantitative estimate of drug-likeness (QED) is 0.153. The van der Waals surface area contributed by atoms with Gasteiger partial charge in [-0.25, -0.2) is 22.5 Å². The van der Waals surface area contributed by atoms with E-state index in [1.807, 2.05) is 46.6 Å². The first-order chi connectivity index (χ1) is 36.5. The standard InChI is InChI=1S/C56H88FN5O15S/c1-16-44-56(12,67)51-34(5)46(58-38(9)63)32(3)25-55(11,72-30-31(2)29-71-51)50(35(6)48(36(7)52(66)75-44)76-45-26-54(10,70-14)49(65)37(8)74-45)77-53-47(64)43(23-33(4)73-53)61(13)22-21-40-28-62(60-59-40)41(27-57)24-39-17-19-42(20-18-39)78(15,68)69/h17-20,28,32-37,41,43-45,47-51,53,64-65,67H,2,16,21-27,29-30H2,1,3-15H3/t32-,33-,34+,35+,36-,37+,41+,43+,44-,45+,47-,48+,49+,50-,51-,53+,54-,55-,56-/m1/s1. The normalized spacial score (nSPS) is 38.8. The number of methoxy groups -OCH3 is 1. The summed E-state index contributed by atoms with van der Waals surface area (Å²) in [5, 5.41) is 45.0. The average Bonchev–Trinajstić information content (AvgIpc) is 3.90. The molecule has 0 saturated carbocycles. The molecule has 2 bridgehead atoms. The molecule has 440 valence electrons. The average molecular weight is 1120 g/mol. The molecular weight excluding hydrogens is 1030 g/mol. The number of aliphatic imine (C=N–C) groups is 1. The lowest BCUT2D eigenvalue weighted by atomic mass is 9.73. The lowest BCUT2D eigenvalue weighted by molar-refractivity contribution is -0.320. The van der Waals surface area contributed by atoms with Crippen molar-refractivity contribution in [2.45, 2.75) is 210 Å². The van der Waals surface area contributed by atoms with Gasteiger partial charge in [0, 0.05) is 69.5 Å². The van der Waals surface area contributed by atoms with Crippen molar-refractivity contribution in [2.75, 3.05) is 46.8 Å². The summed E-state index contributed by atoms with van der Waals surface area (Å²) in [6.45, 7) is 23.1. The van der Waals surface area contributed by atoms with E-state index in [1.165, 1.54) is 30.8 Å². The summed E-state index contributed by atoms with van der Waals surface area (Å²) >= 11 is 0. The van der Waals surface area contributed by atoms with Crippen LogP contribution in [0.4, 0.5) is 4.39 Å². The number of aliphatic hydroxyl groups is 3. The van der Waals surface area contributed by atoms with Crippen LogP contribution in [0.2, 0.25) is 0 Å². The highest BCUT2D eigenvalue weighted by Gasteiger charge is 2.55. The van der Waals surface area contributed by atoms with Gasteiger partial charge in [-0.1, -0.05) is 51.6 Å². The molecule has 4 saturated heterocycles. The maximum absolute atomic E-state index is 14.8. The van der Waals surface area contributed by atoms with E-state index in [4.69, 9.17) is 37.9 Å². The predicted molar refractivity (Wildman–Crippen MR) is 287 cm³/mol. The van der Waals surface area contributed by atoms with Gasteiger partial charge in [-0.3, -0.25) is 9.59 Å². The van der Waals surface area contributed by atoms with Gasteiger partial charge in [-0.2, -0.15) is 0 Å². The topological polar surface area (TPSA) is 249 Å². The van der Waals surface area contributed by atoms with Crippen LogP contribution in [-0.2, 0) is 70.2 Å². The van der Waals surface area contributed by atoms with Gasteiger partial charge < -0.3 is 58.1 Å². The van der Waals surface area contributed by atoms with Crippen LogP contribution in [0.15, 0.2) is 52.5 Å². The minimum atomic E-state index is -3.39. The predicted octanol–water partition coefficient (Wildman–Crippen LogP) is 5.18. The number of carbonyl (C=O) groups excluding carboxylic acids is 2. The Balaban J connectivity index is 1.37. The molecule has 19 atom stereocenters. The third kappa shape index (κ3) is 14.7. The zero-order valence-electron chi connectivity index (χ0n) is 48.2. The second kappa shape index (κ2) is 26.1. The highest BCUT2D eigenvalue weighted by molar-refractivity contribution is 7.90. The maximum atomic E-state index is 14.8. The molecule has 4 aliphatic heterocycles. The molecule has 78 heavy (non-hydrogen) atoms. The van der Waals surface area contributed by atoms with Crippen LogP contribution in [-0.4, -0.2) is 192 Å². The zero-order valence-corrected chi connectivity index (χ0v) is 49.0. The number of esters is 1. The summed E-state index contributed by atoms with van der Waals surface area (Å²) in [6.07, 6.45) is -5.74. The number of hydrogen-bond acceptors (Lipinski definition) is 18. The van der Waals surface area contributed by atoms with Gasteiger partial charge in [0.05, 0.1) is 77.5 Å². The molecule has 3 N–H and O–H groups in total. The van der Waals surface area contributed by atoms with Crippen molar-refractivity contribution in [3.8, 4) is 0 Å². The Bertz CT molecular complexity index is 2500.